The van der Waals surface area contributed by atoms with Gasteiger partial charge in [0, 0.05) is 74.1 Å². The number of hydrogen-bond donors (Lipinski definition) is 3. The fourth-order valence-corrected chi connectivity index (χ4v) is 3.94. The maximum Gasteiger partial charge on any atom is 0.229 e. The minimum absolute atomic E-state index is 0.586. The second kappa shape index (κ2) is 10.8. The summed E-state index contributed by atoms with van der Waals surface area (Å²) in [6, 6.07) is 14.5. The third-order valence-electron chi connectivity index (χ3n) is 5.58. The summed E-state index contributed by atoms with van der Waals surface area (Å²) >= 11 is 0. The number of hydrogen-bond acceptors (Lipinski definition) is 7. The average molecular weight is 445 g/mol. The van der Waals surface area contributed by atoms with Crippen molar-refractivity contribution in [2.75, 3.05) is 48.8 Å². The van der Waals surface area contributed by atoms with Crippen LogP contribution in [0.15, 0.2) is 61.1 Å². The summed E-state index contributed by atoms with van der Waals surface area (Å²) in [5, 5.41) is 10.9. The van der Waals surface area contributed by atoms with Gasteiger partial charge in [0.25, 0.3) is 0 Å². The zero-order chi connectivity index (χ0) is 23.0. The molecule has 33 heavy (non-hydrogen) atoms. The van der Waals surface area contributed by atoms with Gasteiger partial charge in [0.05, 0.1) is 6.54 Å². The summed E-state index contributed by atoms with van der Waals surface area (Å²) in [4.78, 5) is 16.1. The van der Waals surface area contributed by atoms with Crippen molar-refractivity contribution in [2.45, 2.75) is 20.4 Å². The van der Waals surface area contributed by atoms with E-state index in [1.807, 2.05) is 45.4 Å². The molecule has 0 amide bonds. The van der Waals surface area contributed by atoms with Gasteiger partial charge in [-0.2, -0.15) is 4.98 Å². The number of aromatic nitrogens is 4. The van der Waals surface area contributed by atoms with Gasteiger partial charge in [0.2, 0.25) is 5.95 Å². The largest absolute Gasteiger partial charge is 0.373 e. The molecule has 172 valence electrons. The molecule has 0 radical (unpaired) electrons. The minimum Gasteiger partial charge on any atom is -0.373 e. The number of fused-ring (bicyclic) bond motifs is 1. The van der Waals surface area contributed by atoms with E-state index in [0.29, 0.717) is 12.5 Å². The van der Waals surface area contributed by atoms with Crippen molar-refractivity contribution in [3.8, 4) is 0 Å². The van der Waals surface area contributed by atoms with Gasteiger partial charge in [-0.3, -0.25) is 0 Å². The maximum absolute atomic E-state index is 4.78. The van der Waals surface area contributed by atoms with Crippen LogP contribution in [0.3, 0.4) is 0 Å². The van der Waals surface area contributed by atoms with Crippen LogP contribution in [-0.2, 0) is 6.54 Å². The SMILES string of the molecule is CC.CNc1ncccc1Cn1ccc2cnc(Nc3ccc(N4CCNCC4)cc3)nc21. The van der Waals surface area contributed by atoms with E-state index in [1.165, 1.54) is 5.69 Å². The maximum atomic E-state index is 4.78. The van der Waals surface area contributed by atoms with Crippen molar-refractivity contribution < 1.29 is 0 Å². The van der Waals surface area contributed by atoms with E-state index in [9.17, 15) is 0 Å². The van der Waals surface area contributed by atoms with Gasteiger partial charge in [-0.05, 0) is 36.4 Å². The van der Waals surface area contributed by atoms with E-state index in [1.54, 1.807) is 6.20 Å². The summed E-state index contributed by atoms with van der Waals surface area (Å²) in [7, 11) is 1.89. The van der Waals surface area contributed by atoms with E-state index >= 15 is 0 Å². The number of nitrogens with one attached hydrogen (secondary N) is 3. The van der Waals surface area contributed by atoms with E-state index in [0.717, 1.165) is 54.3 Å². The van der Waals surface area contributed by atoms with Gasteiger partial charge in [-0.15, -0.1) is 0 Å². The van der Waals surface area contributed by atoms with Crippen molar-refractivity contribution >= 4 is 34.2 Å². The highest BCUT2D eigenvalue weighted by Gasteiger charge is 2.11. The van der Waals surface area contributed by atoms with Crippen molar-refractivity contribution in [3.05, 3.63) is 66.6 Å². The molecular weight excluding hydrogens is 412 g/mol. The molecule has 4 aromatic rings. The number of pyridine rings is 1. The first kappa shape index (κ1) is 22.5. The molecular formula is C25H32N8. The van der Waals surface area contributed by atoms with Gasteiger partial charge in [0.1, 0.15) is 11.5 Å². The molecule has 0 unspecified atom stereocenters. The number of benzene rings is 1. The summed E-state index contributed by atoms with van der Waals surface area (Å²) in [6.45, 7) is 8.82. The number of anilines is 4. The van der Waals surface area contributed by atoms with Crippen LogP contribution in [0.5, 0.6) is 0 Å². The Morgan fingerprint density at radius 1 is 1.00 bits per heavy atom. The Morgan fingerprint density at radius 3 is 2.55 bits per heavy atom. The Morgan fingerprint density at radius 2 is 1.79 bits per heavy atom. The van der Waals surface area contributed by atoms with Crippen LogP contribution in [0.4, 0.5) is 23.1 Å². The zero-order valence-corrected chi connectivity index (χ0v) is 19.5. The van der Waals surface area contributed by atoms with E-state index in [2.05, 4.69) is 65.7 Å². The second-order valence-corrected chi connectivity index (χ2v) is 7.59. The standard InChI is InChI=1S/C23H26N8.C2H6/c1-24-21-18(3-2-9-26-21)16-31-12-8-17-15-27-23(29-22(17)31)28-19-4-6-20(7-5-19)30-13-10-25-11-14-30;1-2/h2-9,12,15,25H,10-11,13-14,16H2,1H3,(H,24,26)(H,27,28,29);1-2H3. The van der Waals surface area contributed by atoms with Crippen LogP contribution < -0.4 is 20.9 Å². The van der Waals surface area contributed by atoms with Crippen LogP contribution in [0.25, 0.3) is 11.0 Å². The molecule has 0 saturated carbocycles. The molecule has 4 heterocycles. The molecule has 3 aromatic heterocycles. The third kappa shape index (κ3) is 5.23. The quantitative estimate of drug-likeness (QED) is 0.413. The zero-order valence-electron chi connectivity index (χ0n) is 19.5. The average Bonchev–Trinajstić information content (AvgIpc) is 3.28. The highest BCUT2D eigenvalue weighted by Crippen LogP contribution is 2.22. The molecule has 0 atom stereocenters. The summed E-state index contributed by atoms with van der Waals surface area (Å²) < 4.78 is 2.12. The first-order valence-electron chi connectivity index (χ1n) is 11.6. The van der Waals surface area contributed by atoms with E-state index in [4.69, 9.17) is 4.98 Å². The smallest absolute Gasteiger partial charge is 0.229 e. The van der Waals surface area contributed by atoms with Crippen LogP contribution in [0.1, 0.15) is 19.4 Å². The molecule has 8 heteroatoms. The lowest BCUT2D eigenvalue weighted by Gasteiger charge is -2.29. The highest BCUT2D eigenvalue weighted by molar-refractivity contribution is 5.77. The van der Waals surface area contributed by atoms with Gasteiger partial charge < -0.3 is 25.4 Å². The molecule has 1 aromatic carbocycles. The first-order chi connectivity index (χ1) is 16.3. The Balaban J connectivity index is 0.00000126. The molecule has 3 N–H and O–H groups in total. The van der Waals surface area contributed by atoms with Gasteiger partial charge in [-0.1, -0.05) is 19.9 Å². The van der Waals surface area contributed by atoms with Gasteiger partial charge >= 0.3 is 0 Å². The number of rotatable bonds is 6. The Bertz CT molecular complexity index is 1160. The summed E-state index contributed by atoms with van der Waals surface area (Å²) in [5.41, 5.74) is 4.22. The van der Waals surface area contributed by atoms with E-state index < -0.39 is 0 Å². The molecule has 0 bridgehead atoms. The molecule has 5 rings (SSSR count). The molecule has 1 fully saturated rings. The third-order valence-corrected chi connectivity index (χ3v) is 5.58. The second-order valence-electron chi connectivity index (χ2n) is 7.59. The Kier molecular flexibility index (Phi) is 7.36. The fourth-order valence-electron chi connectivity index (χ4n) is 3.94. The van der Waals surface area contributed by atoms with Crippen molar-refractivity contribution in [2.24, 2.45) is 0 Å². The van der Waals surface area contributed by atoms with Gasteiger partial charge in [-0.25, -0.2) is 9.97 Å². The molecule has 8 nitrogen and oxygen atoms in total. The van der Waals surface area contributed by atoms with Crippen molar-refractivity contribution in [1.82, 2.24) is 24.8 Å². The van der Waals surface area contributed by atoms with Gasteiger partial charge in [0.15, 0.2) is 0 Å². The van der Waals surface area contributed by atoms with E-state index in [-0.39, 0.29) is 0 Å². The predicted molar refractivity (Wildman–Crippen MR) is 137 cm³/mol. The summed E-state index contributed by atoms with van der Waals surface area (Å²) in [6.07, 6.45) is 5.69. The lowest BCUT2D eigenvalue weighted by molar-refractivity contribution is 0.589. The molecule has 0 aliphatic carbocycles. The fraction of sp³-hybridized carbons (Fsp3) is 0.320. The van der Waals surface area contributed by atoms with Crippen LogP contribution in [-0.4, -0.2) is 52.7 Å². The monoisotopic (exact) mass is 444 g/mol. The summed E-state index contributed by atoms with van der Waals surface area (Å²) in [5.74, 6) is 1.46. The molecule has 1 aliphatic heterocycles. The van der Waals surface area contributed by atoms with Crippen molar-refractivity contribution in [1.29, 1.82) is 0 Å². The van der Waals surface area contributed by atoms with Crippen LogP contribution >= 0.6 is 0 Å². The predicted octanol–water partition coefficient (Wildman–Crippen LogP) is 4.10. The topological polar surface area (TPSA) is 82.9 Å². The Labute approximate surface area is 195 Å². The lowest BCUT2D eigenvalue weighted by Crippen LogP contribution is -2.43. The number of nitrogens with zero attached hydrogens (tertiary/aromatic N) is 5. The molecule has 1 aliphatic rings. The first-order valence-corrected chi connectivity index (χ1v) is 11.6. The minimum atomic E-state index is 0.586. The lowest BCUT2D eigenvalue weighted by atomic mass is 10.2. The normalized spacial score (nSPS) is 13.4. The van der Waals surface area contributed by atoms with Crippen LogP contribution in [0, 0.1) is 0 Å². The van der Waals surface area contributed by atoms with Crippen molar-refractivity contribution in [3.63, 3.8) is 0 Å². The highest BCUT2D eigenvalue weighted by atomic mass is 15.2. The van der Waals surface area contributed by atoms with Crippen LogP contribution in [0.2, 0.25) is 0 Å². The molecule has 0 spiro atoms. The molecule has 1 saturated heterocycles. The number of piperazine rings is 1. The Hall–Kier alpha value is -3.65.